The predicted octanol–water partition coefficient (Wildman–Crippen LogP) is 12.9. The van der Waals surface area contributed by atoms with Gasteiger partial charge in [0, 0.05) is 34.1 Å². The van der Waals surface area contributed by atoms with E-state index >= 15 is 8.78 Å². The van der Waals surface area contributed by atoms with Crippen LogP contribution in [0.3, 0.4) is 0 Å². The smallest absolute Gasteiger partial charge is 0.184 e. The Kier molecular flexibility index (Phi) is 15.3. The molecule has 4 nitrogen and oxygen atoms in total. The molecular formula is C44H60F2O4. The van der Waals surface area contributed by atoms with Crippen LogP contribution in [0.4, 0.5) is 8.78 Å². The van der Waals surface area contributed by atoms with E-state index in [2.05, 4.69) is 27.7 Å². The Bertz CT molecular complexity index is 1320. The number of benzene rings is 3. The average molecular weight is 691 g/mol. The Morgan fingerprint density at radius 2 is 0.860 bits per heavy atom. The molecule has 274 valence electrons. The molecule has 0 aliphatic carbocycles. The lowest BCUT2D eigenvalue weighted by Gasteiger charge is -2.35. The first-order valence-electron chi connectivity index (χ1n) is 19.6. The van der Waals surface area contributed by atoms with Gasteiger partial charge in [0.15, 0.2) is 24.2 Å². The van der Waals surface area contributed by atoms with Crippen LogP contribution < -0.4 is 0 Å². The molecule has 2 unspecified atom stereocenters. The van der Waals surface area contributed by atoms with Crippen molar-refractivity contribution in [2.75, 3.05) is 13.2 Å². The van der Waals surface area contributed by atoms with Crippen molar-refractivity contribution >= 4 is 0 Å². The van der Waals surface area contributed by atoms with Gasteiger partial charge in [0.2, 0.25) is 0 Å². The highest BCUT2D eigenvalue weighted by atomic mass is 19.2. The van der Waals surface area contributed by atoms with Crippen LogP contribution in [0.2, 0.25) is 0 Å². The number of halogens is 2. The highest BCUT2D eigenvalue weighted by molar-refractivity contribution is 5.72. The number of hydrogen-bond donors (Lipinski definition) is 0. The van der Waals surface area contributed by atoms with E-state index in [1.165, 1.54) is 77.0 Å². The van der Waals surface area contributed by atoms with E-state index in [-0.39, 0.29) is 23.3 Å². The van der Waals surface area contributed by atoms with Gasteiger partial charge in [-0.05, 0) is 37.8 Å². The van der Waals surface area contributed by atoms with Crippen molar-refractivity contribution < 1.29 is 27.7 Å². The van der Waals surface area contributed by atoms with Gasteiger partial charge in [0.25, 0.3) is 0 Å². The Morgan fingerprint density at radius 3 is 1.22 bits per heavy atom. The van der Waals surface area contributed by atoms with Crippen LogP contribution in [0.15, 0.2) is 60.7 Å². The zero-order valence-electron chi connectivity index (χ0n) is 30.9. The van der Waals surface area contributed by atoms with Crippen molar-refractivity contribution in [1.82, 2.24) is 0 Å². The summed E-state index contributed by atoms with van der Waals surface area (Å²) < 4.78 is 55.8. The first-order valence-corrected chi connectivity index (χ1v) is 19.6. The Morgan fingerprint density at radius 1 is 0.500 bits per heavy atom. The zero-order chi connectivity index (χ0) is 35.3. The molecule has 6 atom stereocenters. The molecule has 0 N–H and O–H groups in total. The summed E-state index contributed by atoms with van der Waals surface area (Å²) in [6.07, 6.45) is 16.9. The van der Waals surface area contributed by atoms with Gasteiger partial charge in [-0.3, -0.25) is 0 Å². The summed E-state index contributed by atoms with van der Waals surface area (Å²) in [5, 5.41) is 0. The predicted molar refractivity (Wildman–Crippen MR) is 199 cm³/mol. The third-order valence-corrected chi connectivity index (χ3v) is 10.9. The molecule has 0 amide bonds. The van der Waals surface area contributed by atoms with Gasteiger partial charge >= 0.3 is 0 Å². The molecule has 0 spiro atoms. The Labute approximate surface area is 300 Å². The van der Waals surface area contributed by atoms with E-state index in [0.717, 1.165) is 24.0 Å². The second kappa shape index (κ2) is 19.8. The van der Waals surface area contributed by atoms with E-state index in [0.29, 0.717) is 36.2 Å². The number of hydrogen-bond acceptors (Lipinski definition) is 4. The minimum absolute atomic E-state index is 0.107. The van der Waals surface area contributed by atoms with E-state index in [4.69, 9.17) is 18.9 Å². The molecule has 0 bridgehead atoms. The summed E-state index contributed by atoms with van der Waals surface area (Å²) in [7, 11) is 0. The first kappa shape index (κ1) is 38.6. The molecule has 3 aromatic carbocycles. The van der Waals surface area contributed by atoms with Gasteiger partial charge in [-0.1, -0.05) is 152 Å². The van der Waals surface area contributed by atoms with Crippen LogP contribution in [0.25, 0.3) is 22.3 Å². The monoisotopic (exact) mass is 690 g/mol. The minimum Gasteiger partial charge on any atom is -0.348 e. The molecule has 2 heterocycles. The van der Waals surface area contributed by atoms with Crippen LogP contribution in [0.5, 0.6) is 0 Å². The molecule has 2 aliphatic rings. The fourth-order valence-electron chi connectivity index (χ4n) is 7.38. The third-order valence-electron chi connectivity index (χ3n) is 10.9. The van der Waals surface area contributed by atoms with Crippen molar-refractivity contribution in [2.45, 2.75) is 142 Å². The summed E-state index contributed by atoms with van der Waals surface area (Å²) in [6.45, 7) is 10.1. The maximum Gasteiger partial charge on any atom is 0.184 e. The van der Waals surface area contributed by atoms with Crippen molar-refractivity contribution in [3.63, 3.8) is 0 Å². The molecule has 6 heteroatoms. The molecule has 0 aromatic heterocycles. The fraction of sp³-hybridized carbons (Fsp3) is 0.591. The molecule has 50 heavy (non-hydrogen) atoms. The van der Waals surface area contributed by atoms with Crippen LogP contribution >= 0.6 is 0 Å². The summed E-state index contributed by atoms with van der Waals surface area (Å²) in [6, 6.07) is 18.1. The molecule has 5 rings (SSSR count). The largest absolute Gasteiger partial charge is 0.348 e. The maximum atomic E-state index is 15.5. The quantitative estimate of drug-likeness (QED) is 0.125. The van der Waals surface area contributed by atoms with E-state index in [9.17, 15) is 0 Å². The number of ether oxygens (including phenoxy) is 4. The molecule has 0 saturated carbocycles. The molecule has 2 fully saturated rings. The number of unbranched alkanes of at least 4 members (excludes halogenated alkanes) is 10. The lowest BCUT2D eigenvalue weighted by atomic mass is 9.95. The standard InChI is InChI=1S/C44H60F2O4/c1-5-7-9-11-13-15-17-37-29-47-43(49-31(37)3)35-23-19-33(20-24-35)39-27-28-40(42(46)41(39)45)34-21-25-36(26-22-34)44-48-30-38(32(4)50-44)18-16-14-12-10-8-6-2/h19-28,31-32,37-38,43-44H,5-18,29-30H2,1-4H3/t31?,32?,37-,38-,43-,44-/m1/s1. The van der Waals surface area contributed by atoms with Gasteiger partial charge in [0.1, 0.15) is 0 Å². The Balaban J connectivity index is 1.13. The van der Waals surface area contributed by atoms with E-state index in [1.54, 1.807) is 12.1 Å². The fourth-order valence-corrected chi connectivity index (χ4v) is 7.38. The normalized spacial score (nSPS) is 24.0. The minimum atomic E-state index is -0.861. The first-order chi connectivity index (χ1) is 24.4. The molecule has 2 aliphatic heterocycles. The van der Waals surface area contributed by atoms with Crippen LogP contribution in [-0.4, -0.2) is 25.4 Å². The van der Waals surface area contributed by atoms with E-state index < -0.39 is 24.2 Å². The van der Waals surface area contributed by atoms with Crippen LogP contribution in [0, 0.1) is 23.5 Å². The maximum absolute atomic E-state index is 15.5. The number of rotatable bonds is 18. The van der Waals surface area contributed by atoms with Crippen molar-refractivity contribution in [3.8, 4) is 22.3 Å². The van der Waals surface area contributed by atoms with Gasteiger partial charge in [-0.25, -0.2) is 8.78 Å². The average Bonchev–Trinajstić information content (AvgIpc) is 3.13. The van der Waals surface area contributed by atoms with Crippen LogP contribution in [0.1, 0.15) is 141 Å². The lowest BCUT2D eigenvalue weighted by molar-refractivity contribution is -0.237. The molecular weight excluding hydrogens is 630 g/mol. The second-order valence-electron chi connectivity index (χ2n) is 14.7. The van der Waals surface area contributed by atoms with Crippen molar-refractivity contribution in [3.05, 3.63) is 83.4 Å². The van der Waals surface area contributed by atoms with Gasteiger partial charge < -0.3 is 18.9 Å². The topological polar surface area (TPSA) is 36.9 Å². The summed E-state index contributed by atoms with van der Waals surface area (Å²) in [5.41, 5.74) is 3.41. The van der Waals surface area contributed by atoms with Gasteiger partial charge in [-0.2, -0.15) is 0 Å². The molecule has 3 aromatic rings. The molecule has 0 radical (unpaired) electrons. The SMILES string of the molecule is CCCCCCCC[C@@H]1CO[C@@H](c2ccc(-c3ccc(-c4ccc([C@@H]5OC[C@@H](CCCCCCCC)C(C)O5)cc4)c(F)c3F)cc2)OC1C. The highest BCUT2D eigenvalue weighted by Gasteiger charge is 2.31. The van der Waals surface area contributed by atoms with Gasteiger partial charge in [0.05, 0.1) is 25.4 Å². The summed E-state index contributed by atoms with van der Waals surface area (Å²) in [5.74, 6) is -0.929. The molecule has 2 saturated heterocycles. The summed E-state index contributed by atoms with van der Waals surface area (Å²) in [4.78, 5) is 0. The second-order valence-corrected chi connectivity index (χ2v) is 14.7. The van der Waals surface area contributed by atoms with Gasteiger partial charge in [-0.15, -0.1) is 0 Å². The lowest BCUT2D eigenvalue weighted by Crippen LogP contribution is -2.34. The zero-order valence-corrected chi connectivity index (χ0v) is 30.9. The highest BCUT2D eigenvalue weighted by Crippen LogP contribution is 2.37. The van der Waals surface area contributed by atoms with Crippen LogP contribution in [-0.2, 0) is 18.9 Å². The Hall–Kier alpha value is -2.64. The summed E-state index contributed by atoms with van der Waals surface area (Å²) >= 11 is 0. The van der Waals surface area contributed by atoms with E-state index in [1.807, 2.05) is 48.5 Å². The third kappa shape index (κ3) is 10.5. The van der Waals surface area contributed by atoms with Crippen molar-refractivity contribution in [2.24, 2.45) is 11.8 Å². The van der Waals surface area contributed by atoms with Crippen molar-refractivity contribution in [1.29, 1.82) is 0 Å².